The van der Waals surface area contributed by atoms with Crippen molar-refractivity contribution in [2.75, 3.05) is 0 Å². The van der Waals surface area contributed by atoms with Crippen LogP contribution < -0.4 is 5.19 Å². The van der Waals surface area contributed by atoms with Crippen molar-refractivity contribution in [2.45, 2.75) is 59.0 Å². The molecule has 0 atom stereocenters. The predicted molar refractivity (Wildman–Crippen MR) is 109 cm³/mol. The molecular formula is C23H28Si. The summed E-state index contributed by atoms with van der Waals surface area (Å²) < 4.78 is 0. The number of benzene rings is 2. The molecule has 24 heavy (non-hydrogen) atoms. The van der Waals surface area contributed by atoms with E-state index >= 15 is 0 Å². The maximum Gasteiger partial charge on any atom is 0.113 e. The average Bonchev–Trinajstić information content (AvgIpc) is 3.00. The van der Waals surface area contributed by atoms with E-state index in [2.05, 4.69) is 63.3 Å². The Labute approximate surface area is 147 Å². The molecule has 0 fully saturated rings. The fraction of sp³-hybridized carbons (Fsp3) is 0.391. The lowest BCUT2D eigenvalue weighted by Crippen LogP contribution is -2.39. The Morgan fingerprint density at radius 2 is 1.54 bits per heavy atom. The largest absolute Gasteiger partial charge is 0.113 e. The number of rotatable bonds is 5. The summed E-state index contributed by atoms with van der Waals surface area (Å²) in [6.45, 7) is 9.69. The number of hydrogen-bond donors (Lipinski definition) is 0. The molecule has 1 heterocycles. The van der Waals surface area contributed by atoms with Gasteiger partial charge in [-0.15, -0.1) is 0 Å². The molecule has 0 saturated heterocycles. The van der Waals surface area contributed by atoms with Crippen molar-refractivity contribution in [3.63, 3.8) is 0 Å². The summed E-state index contributed by atoms with van der Waals surface area (Å²) in [5.74, 6) is 0. The standard InChI is InChI=1S/C23H28Si/c1-5-7-16-9-11-17(12-10-16)21-20-14-13-18-15-19(8-6-2)23(22(18)21)24(20,3)4/h9-14H,5-8,15H2,1-4H3. The third kappa shape index (κ3) is 2.18. The van der Waals surface area contributed by atoms with E-state index in [1.165, 1.54) is 43.2 Å². The Morgan fingerprint density at radius 3 is 2.21 bits per heavy atom. The van der Waals surface area contributed by atoms with Crippen molar-refractivity contribution < 1.29 is 0 Å². The van der Waals surface area contributed by atoms with Gasteiger partial charge in [0.1, 0.15) is 8.07 Å². The Bertz CT molecular complexity index is 822. The SMILES string of the molecule is CCCC1=C2c3c(ccc(c3-c3ccc(CCC)cc3)[Si]2(C)C)C1. The minimum atomic E-state index is -1.52. The first kappa shape index (κ1) is 15.9. The van der Waals surface area contributed by atoms with Gasteiger partial charge >= 0.3 is 0 Å². The predicted octanol–water partition coefficient (Wildman–Crippen LogP) is 5.88. The average molecular weight is 333 g/mol. The Morgan fingerprint density at radius 1 is 0.833 bits per heavy atom. The molecule has 4 rings (SSSR count). The van der Waals surface area contributed by atoms with Gasteiger partial charge in [-0.1, -0.05) is 81.8 Å². The summed E-state index contributed by atoms with van der Waals surface area (Å²) in [7, 11) is -1.52. The molecule has 0 aromatic heterocycles. The Balaban J connectivity index is 1.88. The lowest BCUT2D eigenvalue weighted by molar-refractivity contribution is 0.885. The lowest BCUT2D eigenvalue weighted by Gasteiger charge is -2.22. The minimum absolute atomic E-state index is 1.19. The summed E-state index contributed by atoms with van der Waals surface area (Å²) >= 11 is 0. The van der Waals surface area contributed by atoms with Crippen molar-refractivity contribution in [1.29, 1.82) is 0 Å². The van der Waals surface area contributed by atoms with Crippen LogP contribution in [0.25, 0.3) is 16.3 Å². The molecule has 2 aromatic rings. The first-order chi connectivity index (χ1) is 11.6. The van der Waals surface area contributed by atoms with Crippen LogP contribution in [-0.2, 0) is 12.8 Å². The molecule has 0 spiro atoms. The molecule has 0 nitrogen and oxygen atoms in total. The van der Waals surface area contributed by atoms with Gasteiger partial charge in [-0.05, 0) is 57.5 Å². The van der Waals surface area contributed by atoms with Crippen LogP contribution in [0.3, 0.4) is 0 Å². The number of allylic oxidation sites excluding steroid dienone is 1. The van der Waals surface area contributed by atoms with E-state index in [1.54, 1.807) is 32.6 Å². The molecule has 0 N–H and O–H groups in total. The van der Waals surface area contributed by atoms with Crippen molar-refractivity contribution in [3.8, 4) is 11.1 Å². The van der Waals surface area contributed by atoms with Gasteiger partial charge in [-0.25, -0.2) is 0 Å². The fourth-order valence-electron chi connectivity index (χ4n) is 4.93. The molecule has 0 amide bonds. The summed E-state index contributed by atoms with van der Waals surface area (Å²) in [5, 5.41) is 3.44. The van der Waals surface area contributed by atoms with Crippen LogP contribution in [-0.4, -0.2) is 8.07 Å². The van der Waals surface area contributed by atoms with Gasteiger partial charge in [0.2, 0.25) is 0 Å². The number of hydrogen-bond acceptors (Lipinski definition) is 0. The van der Waals surface area contributed by atoms with Gasteiger partial charge in [-0.3, -0.25) is 0 Å². The zero-order valence-corrected chi connectivity index (χ0v) is 16.5. The van der Waals surface area contributed by atoms with Crippen LogP contribution in [0, 0.1) is 0 Å². The smallest absolute Gasteiger partial charge is 0.0655 e. The molecule has 124 valence electrons. The van der Waals surface area contributed by atoms with Crippen molar-refractivity contribution in [3.05, 3.63) is 58.7 Å². The van der Waals surface area contributed by atoms with Crippen LogP contribution in [0.4, 0.5) is 0 Å². The Kier molecular flexibility index (Phi) is 3.80. The molecule has 2 aliphatic rings. The van der Waals surface area contributed by atoms with E-state index in [9.17, 15) is 0 Å². The molecule has 2 aromatic carbocycles. The van der Waals surface area contributed by atoms with Crippen LogP contribution in [0.2, 0.25) is 13.1 Å². The third-order valence-electron chi connectivity index (χ3n) is 5.93. The summed E-state index contributed by atoms with van der Waals surface area (Å²) in [6.07, 6.45) is 6.16. The maximum absolute atomic E-state index is 2.56. The second kappa shape index (κ2) is 5.74. The van der Waals surface area contributed by atoms with Gasteiger partial charge in [-0.2, -0.15) is 0 Å². The molecule has 0 unspecified atom stereocenters. The van der Waals surface area contributed by atoms with E-state index in [1.807, 2.05) is 0 Å². The zero-order valence-electron chi connectivity index (χ0n) is 15.5. The van der Waals surface area contributed by atoms with Gasteiger partial charge in [0.15, 0.2) is 0 Å². The molecule has 0 radical (unpaired) electrons. The first-order valence-electron chi connectivity index (χ1n) is 9.56. The van der Waals surface area contributed by atoms with Gasteiger partial charge in [0, 0.05) is 0 Å². The summed E-state index contributed by atoms with van der Waals surface area (Å²) in [6, 6.07) is 14.3. The highest BCUT2D eigenvalue weighted by atomic mass is 28.3. The number of aryl methyl sites for hydroxylation is 1. The second-order valence-corrected chi connectivity index (χ2v) is 12.3. The van der Waals surface area contributed by atoms with Crippen LogP contribution in [0.15, 0.2) is 42.0 Å². The van der Waals surface area contributed by atoms with Crippen LogP contribution in [0.1, 0.15) is 49.8 Å². The van der Waals surface area contributed by atoms with Crippen LogP contribution in [0.5, 0.6) is 0 Å². The number of fused-ring (bicyclic) bond motifs is 1. The van der Waals surface area contributed by atoms with E-state index in [0.717, 1.165) is 0 Å². The molecular weight excluding hydrogens is 304 g/mol. The van der Waals surface area contributed by atoms with E-state index in [4.69, 9.17) is 0 Å². The third-order valence-corrected chi connectivity index (χ3v) is 9.55. The van der Waals surface area contributed by atoms with Gasteiger partial charge in [0.05, 0.1) is 0 Å². The van der Waals surface area contributed by atoms with Crippen molar-refractivity contribution >= 4 is 18.5 Å². The monoisotopic (exact) mass is 332 g/mol. The topological polar surface area (TPSA) is 0 Å². The second-order valence-electron chi connectivity index (χ2n) is 8.00. The first-order valence-corrected chi connectivity index (χ1v) is 12.6. The highest BCUT2D eigenvalue weighted by Crippen LogP contribution is 2.50. The van der Waals surface area contributed by atoms with Gasteiger partial charge < -0.3 is 0 Å². The molecule has 2 bridgehead atoms. The highest BCUT2D eigenvalue weighted by molar-refractivity contribution is 7.07. The molecule has 1 aliphatic heterocycles. The quantitative estimate of drug-likeness (QED) is 0.599. The van der Waals surface area contributed by atoms with E-state index in [0.29, 0.717) is 0 Å². The summed E-state index contributed by atoms with van der Waals surface area (Å²) in [5.41, 5.74) is 9.45. The van der Waals surface area contributed by atoms with Crippen LogP contribution >= 0.6 is 0 Å². The van der Waals surface area contributed by atoms with Crippen molar-refractivity contribution in [2.24, 2.45) is 0 Å². The molecule has 0 saturated carbocycles. The zero-order chi connectivity index (χ0) is 16.9. The Hall–Kier alpha value is -1.60. The maximum atomic E-state index is 2.56. The van der Waals surface area contributed by atoms with Gasteiger partial charge in [0.25, 0.3) is 0 Å². The lowest BCUT2D eigenvalue weighted by atomic mass is 9.96. The molecule has 1 aliphatic carbocycles. The summed E-state index contributed by atoms with van der Waals surface area (Å²) in [4.78, 5) is 0. The molecule has 1 heteroatoms. The van der Waals surface area contributed by atoms with E-state index < -0.39 is 8.07 Å². The van der Waals surface area contributed by atoms with Crippen molar-refractivity contribution in [1.82, 2.24) is 0 Å². The fourth-order valence-corrected chi connectivity index (χ4v) is 8.60. The van der Waals surface area contributed by atoms with E-state index in [-0.39, 0.29) is 0 Å². The highest BCUT2D eigenvalue weighted by Gasteiger charge is 2.45. The normalized spacial score (nSPS) is 17.0. The minimum Gasteiger partial charge on any atom is -0.0655 e.